The van der Waals surface area contributed by atoms with E-state index in [1.165, 1.54) is 24.4 Å². The summed E-state index contributed by atoms with van der Waals surface area (Å²) in [6, 6.07) is 28.1. The molecule has 0 aliphatic rings. The third-order valence-electron chi connectivity index (χ3n) is 5.01. The molecule has 0 heterocycles. The van der Waals surface area contributed by atoms with Crippen molar-refractivity contribution in [2.24, 2.45) is 5.10 Å². The molecule has 1 N–H and O–H groups in total. The number of benzene rings is 4. The Hall–Kier alpha value is -4.95. The first-order valence-electron chi connectivity index (χ1n) is 11.4. The third-order valence-corrected chi connectivity index (χ3v) is 5.32. The number of ether oxygens (including phenoxy) is 3. The van der Waals surface area contributed by atoms with Crippen molar-refractivity contribution in [2.75, 3.05) is 6.61 Å². The summed E-state index contributed by atoms with van der Waals surface area (Å²) in [6.45, 7) is -0.314. The van der Waals surface area contributed by atoms with Gasteiger partial charge in [0.25, 0.3) is 5.91 Å². The number of esters is 2. The topological polar surface area (TPSA) is 103 Å². The summed E-state index contributed by atoms with van der Waals surface area (Å²) in [5, 5.41) is 4.30. The summed E-state index contributed by atoms with van der Waals surface area (Å²) in [4.78, 5) is 37.3. The minimum absolute atomic E-state index is 0.0718. The van der Waals surface area contributed by atoms with Gasteiger partial charge < -0.3 is 14.2 Å². The Morgan fingerprint density at radius 2 is 1.34 bits per heavy atom. The number of nitrogens with zero attached hydrogens (tertiary/aromatic N) is 1. The minimum atomic E-state index is -0.621. The number of carbonyl (C=O) groups is 3. The first-order valence-corrected chi connectivity index (χ1v) is 11.7. The molecule has 0 bridgehead atoms. The van der Waals surface area contributed by atoms with E-state index in [2.05, 4.69) is 10.5 Å². The average molecular weight is 529 g/mol. The molecule has 0 aromatic heterocycles. The number of hydrogen-bond donors (Lipinski definition) is 1. The van der Waals surface area contributed by atoms with Crippen molar-refractivity contribution in [1.82, 2.24) is 5.43 Å². The molecule has 4 aromatic carbocycles. The van der Waals surface area contributed by atoms with Crippen LogP contribution in [0.3, 0.4) is 0 Å². The number of halogens is 1. The van der Waals surface area contributed by atoms with Crippen molar-refractivity contribution in [3.63, 3.8) is 0 Å². The van der Waals surface area contributed by atoms with Gasteiger partial charge >= 0.3 is 11.9 Å². The molecule has 0 unspecified atom stereocenters. The van der Waals surface area contributed by atoms with Crippen LogP contribution in [0, 0.1) is 0 Å². The van der Waals surface area contributed by atoms with Gasteiger partial charge in [-0.15, -0.1) is 0 Å². The summed E-state index contributed by atoms with van der Waals surface area (Å²) < 4.78 is 16.4. The van der Waals surface area contributed by atoms with Gasteiger partial charge in [-0.25, -0.2) is 15.0 Å². The first-order chi connectivity index (χ1) is 18.5. The molecular formula is C29H21ClN2O6. The summed E-state index contributed by atoms with van der Waals surface area (Å²) in [7, 11) is 0. The number of nitrogens with one attached hydrogen (secondary N) is 1. The second-order valence-electron chi connectivity index (χ2n) is 7.72. The molecule has 38 heavy (non-hydrogen) atoms. The van der Waals surface area contributed by atoms with Gasteiger partial charge in [-0.3, -0.25) is 4.79 Å². The van der Waals surface area contributed by atoms with E-state index in [1.807, 2.05) is 0 Å². The maximum Gasteiger partial charge on any atom is 0.343 e. The lowest BCUT2D eigenvalue weighted by atomic mass is 10.2. The van der Waals surface area contributed by atoms with Crippen LogP contribution in [0.5, 0.6) is 17.2 Å². The molecular weight excluding hydrogens is 508 g/mol. The Kier molecular flexibility index (Phi) is 8.83. The maximum absolute atomic E-state index is 12.7. The minimum Gasteiger partial charge on any atom is -0.482 e. The van der Waals surface area contributed by atoms with Gasteiger partial charge in [-0.05, 0) is 48.5 Å². The second-order valence-corrected chi connectivity index (χ2v) is 8.13. The van der Waals surface area contributed by atoms with Crippen molar-refractivity contribution >= 4 is 35.7 Å². The standard InChI is InChI=1S/C29H21ClN2O6/c30-24-13-7-8-14-25(24)36-19-27(33)32-31-18-22-15-16-23(37-28(34)20-9-3-1-4-10-20)17-26(22)38-29(35)21-11-5-2-6-12-21/h1-18H,19H2,(H,32,33). The Morgan fingerprint density at radius 1 is 0.737 bits per heavy atom. The highest BCUT2D eigenvalue weighted by Gasteiger charge is 2.15. The van der Waals surface area contributed by atoms with E-state index in [0.717, 1.165) is 0 Å². The molecule has 0 aliphatic carbocycles. The fourth-order valence-electron chi connectivity index (χ4n) is 3.16. The summed E-state index contributed by atoms with van der Waals surface area (Å²) in [5.74, 6) is -1.13. The van der Waals surface area contributed by atoms with Crippen molar-refractivity contribution in [3.8, 4) is 17.2 Å². The van der Waals surface area contributed by atoms with E-state index in [4.69, 9.17) is 25.8 Å². The van der Waals surface area contributed by atoms with Crippen LogP contribution in [0.2, 0.25) is 5.02 Å². The van der Waals surface area contributed by atoms with Gasteiger partial charge in [-0.2, -0.15) is 5.10 Å². The fraction of sp³-hybridized carbons (Fsp3) is 0.0345. The monoisotopic (exact) mass is 528 g/mol. The second kappa shape index (κ2) is 12.8. The molecule has 190 valence electrons. The zero-order valence-electron chi connectivity index (χ0n) is 19.9. The van der Waals surface area contributed by atoms with Gasteiger partial charge in [0.1, 0.15) is 17.2 Å². The molecule has 4 rings (SSSR count). The SMILES string of the molecule is O=C(COc1ccccc1Cl)NN=Cc1ccc(OC(=O)c2ccccc2)cc1OC(=O)c1ccccc1. The zero-order valence-corrected chi connectivity index (χ0v) is 20.6. The van der Waals surface area contributed by atoms with Gasteiger partial charge in [0.05, 0.1) is 22.4 Å². The van der Waals surface area contributed by atoms with E-state index in [-0.39, 0.29) is 18.1 Å². The third kappa shape index (κ3) is 7.28. The van der Waals surface area contributed by atoms with Crippen LogP contribution in [0.4, 0.5) is 0 Å². The summed E-state index contributed by atoms with van der Waals surface area (Å²) >= 11 is 6.02. The molecule has 1 amide bonds. The van der Waals surface area contributed by atoms with Crippen LogP contribution in [-0.2, 0) is 4.79 Å². The number of amides is 1. The fourth-order valence-corrected chi connectivity index (χ4v) is 3.35. The average Bonchev–Trinajstić information content (AvgIpc) is 2.94. The highest BCUT2D eigenvalue weighted by atomic mass is 35.5. The molecule has 0 spiro atoms. The lowest BCUT2D eigenvalue weighted by Crippen LogP contribution is -2.24. The molecule has 0 radical (unpaired) electrons. The highest BCUT2D eigenvalue weighted by molar-refractivity contribution is 6.32. The molecule has 0 fully saturated rings. The normalized spacial score (nSPS) is 10.6. The summed E-state index contributed by atoms with van der Waals surface area (Å²) in [5.41, 5.74) is 3.38. The van der Waals surface area contributed by atoms with E-state index in [1.54, 1.807) is 84.9 Å². The number of carbonyl (C=O) groups excluding carboxylic acids is 3. The number of hydrogen-bond acceptors (Lipinski definition) is 7. The zero-order chi connectivity index (χ0) is 26.7. The van der Waals surface area contributed by atoms with Crippen LogP contribution in [0.1, 0.15) is 26.3 Å². The Balaban J connectivity index is 1.47. The van der Waals surface area contributed by atoms with Crippen LogP contribution >= 0.6 is 11.6 Å². The molecule has 0 saturated carbocycles. The van der Waals surface area contributed by atoms with Crippen LogP contribution in [-0.4, -0.2) is 30.7 Å². The van der Waals surface area contributed by atoms with Crippen molar-refractivity contribution in [2.45, 2.75) is 0 Å². The van der Waals surface area contributed by atoms with Crippen LogP contribution in [0.15, 0.2) is 108 Å². The predicted octanol–water partition coefficient (Wildman–Crippen LogP) is 5.31. The molecule has 9 heteroatoms. The highest BCUT2D eigenvalue weighted by Crippen LogP contribution is 2.26. The number of para-hydroxylation sites is 1. The van der Waals surface area contributed by atoms with Crippen LogP contribution < -0.4 is 19.6 Å². The predicted molar refractivity (Wildman–Crippen MR) is 142 cm³/mol. The molecule has 0 saturated heterocycles. The quantitative estimate of drug-likeness (QED) is 0.137. The van der Waals surface area contributed by atoms with E-state index < -0.39 is 17.8 Å². The maximum atomic E-state index is 12.7. The van der Waals surface area contributed by atoms with E-state index >= 15 is 0 Å². The lowest BCUT2D eigenvalue weighted by Gasteiger charge is -2.11. The molecule has 8 nitrogen and oxygen atoms in total. The smallest absolute Gasteiger partial charge is 0.343 e. The number of hydrazone groups is 1. The van der Waals surface area contributed by atoms with E-state index in [0.29, 0.717) is 27.5 Å². The molecule has 0 atom stereocenters. The number of rotatable bonds is 9. The van der Waals surface area contributed by atoms with E-state index in [9.17, 15) is 14.4 Å². The van der Waals surface area contributed by atoms with Gasteiger partial charge in [0.15, 0.2) is 6.61 Å². The Bertz CT molecular complexity index is 1460. The van der Waals surface area contributed by atoms with Crippen molar-refractivity contribution < 1.29 is 28.6 Å². The summed E-state index contributed by atoms with van der Waals surface area (Å²) in [6.07, 6.45) is 1.30. The first kappa shape index (κ1) is 26.1. The van der Waals surface area contributed by atoms with Gasteiger partial charge in [-0.1, -0.05) is 60.1 Å². The molecule has 0 aliphatic heterocycles. The van der Waals surface area contributed by atoms with Crippen LogP contribution in [0.25, 0.3) is 0 Å². The van der Waals surface area contributed by atoms with Crippen molar-refractivity contribution in [3.05, 3.63) is 125 Å². The lowest BCUT2D eigenvalue weighted by molar-refractivity contribution is -0.123. The molecule has 4 aromatic rings. The largest absolute Gasteiger partial charge is 0.482 e. The van der Waals surface area contributed by atoms with Crippen molar-refractivity contribution in [1.29, 1.82) is 0 Å². The van der Waals surface area contributed by atoms with Gasteiger partial charge in [0, 0.05) is 11.6 Å². The van der Waals surface area contributed by atoms with Gasteiger partial charge in [0.2, 0.25) is 0 Å². The Labute approximate surface area is 223 Å². The Morgan fingerprint density at radius 3 is 2.00 bits per heavy atom.